The summed E-state index contributed by atoms with van der Waals surface area (Å²) in [6.45, 7) is 8.59. The molecule has 114 valence electrons. The Balaban J connectivity index is 1.90. The maximum absolute atomic E-state index is 5.27. The molecule has 0 amide bonds. The van der Waals surface area contributed by atoms with Crippen LogP contribution in [0.1, 0.15) is 44.3 Å². The van der Waals surface area contributed by atoms with Crippen LogP contribution in [0, 0.1) is 0 Å². The number of ether oxygens (including phenoxy) is 1. The summed E-state index contributed by atoms with van der Waals surface area (Å²) in [5, 5.41) is 7.60. The zero-order valence-corrected chi connectivity index (χ0v) is 12.8. The summed E-state index contributed by atoms with van der Waals surface area (Å²) in [6, 6.07) is 0.573. The first-order chi connectivity index (χ1) is 9.69. The predicted octanol–water partition coefficient (Wildman–Crippen LogP) is 1.39. The van der Waals surface area contributed by atoms with Crippen LogP contribution < -0.4 is 5.32 Å². The van der Waals surface area contributed by atoms with Gasteiger partial charge < -0.3 is 14.6 Å². The number of hydrogen-bond acceptors (Lipinski definition) is 6. The number of nitrogens with one attached hydrogen (secondary N) is 1. The second-order valence-corrected chi connectivity index (χ2v) is 5.72. The van der Waals surface area contributed by atoms with E-state index in [1.807, 2.05) is 0 Å². The first-order valence-electron chi connectivity index (χ1n) is 7.46. The van der Waals surface area contributed by atoms with Crippen molar-refractivity contribution in [2.45, 2.75) is 45.2 Å². The minimum absolute atomic E-state index is 0.278. The molecule has 2 heterocycles. The van der Waals surface area contributed by atoms with Gasteiger partial charge in [-0.1, -0.05) is 19.0 Å². The van der Waals surface area contributed by atoms with Gasteiger partial charge in [-0.25, -0.2) is 0 Å². The first-order valence-corrected chi connectivity index (χ1v) is 7.46. The molecular weight excluding hydrogens is 256 g/mol. The van der Waals surface area contributed by atoms with Gasteiger partial charge in [-0.2, -0.15) is 4.98 Å². The van der Waals surface area contributed by atoms with Crippen LogP contribution in [0.15, 0.2) is 4.52 Å². The topological polar surface area (TPSA) is 63.4 Å². The molecule has 20 heavy (non-hydrogen) atoms. The molecule has 1 fully saturated rings. The van der Waals surface area contributed by atoms with Gasteiger partial charge >= 0.3 is 0 Å². The Kier molecular flexibility index (Phi) is 5.94. The van der Waals surface area contributed by atoms with E-state index in [4.69, 9.17) is 9.26 Å². The van der Waals surface area contributed by atoms with Crippen LogP contribution in [0.3, 0.4) is 0 Å². The van der Waals surface area contributed by atoms with Crippen LogP contribution in [0.4, 0.5) is 0 Å². The van der Waals surface area contributed by atoms with E-state index in [0.29, 0.717) is 11.9 Å². The van der Waals surface area contributed by atoms with Gasteiger partial charge in [0, 0.05) is 32.2 Å². The molecule has 1 unspecified atom stereocenters. The number of nitrogens with zero attached hydrogens (tertiary/aromatic N) is 3. The molecule has 6 heteroatoms. The van der Waals surface area contributed by atoms with E-state index >= 15 is 0 Å². The van der Waals surface area contributed by atoms with E-state index in [1.54, 1.807) is 7.11 Å². The summed E-state index contributed by atoms with van der Waals surface area (Å²) >= 11 is 0. The van der Waals surface area contributed by atoms with Gasteiger partial charge in [0.25, 0.3) is 0 Å². The molecule has 0 bridgehead atoms. The van der Waals surface area contributed by atoms with Crippen LogP contribution in [0.25, 0.3) is 0 Å². The summed E-state index contributed by atoms with van der Waals surface area (Å²) in [7, 11) is 1.73. The van der Waals surface area contributed by atoms with Gasteiger partial charge in [-0.05, 0) is 19.4 Å². The van der Waals surface area contributed by atoms with Crippen molar-refractivity contribution in [2.75, 3.05) is 33.4 Å². The molecule has 0 saturated carbocycles. The molecule has 0 spiro atoms. The largest absolute Gasteiger partial charge is 0.383 e. The van der Waals surface area contributed by atoms with E-state index in [0.717, 1.165) is 38.6 Å². The average Bonchev–Trinajstić information content (AvgIpc) is 3.07. The fraction of sp³-hybridized carbons (Fsp3) is 0.857. The predicted molar refractivity (Wildman–Crippen MR) is 76.6 cm³/mol. The SMILES string of the molecule is COCCN(Cc1noc(C(C)C)n1)CC1CCCN1. The van der Waals surface area contributed by atoms with Crippen molar-refractivity contribution in [3.05, 3.63) is 11.7 Å². The van der Waals surface area contributed by atoms with Gasteiger partial charge in [0.1, 0.15) is 0 Å². The molecule has 0 aromatic carbocycles. The molecule has 0 aliphatic carbocycles. The van der Waals surface area contributed by atoms with Gasteiger partial charge in [-0.3, -0.25) is 4.90 Å². The number of methoxy groups -OCH3 is 1. The fourth-order valence-corrected chi connectivity index (χ4v) is 2.45. The zero-order chi connectivity index (χ0) is 14.4. The maximum atomic E-state index is 5.27. The van der Waals surface area contributed by atoms with Crippen LogP contribution in [-0.4, -0.2) is 54.4 Å². The Morgan fingerprint density at radius 2 is 2.35 bits per heavy atom. The molecule has 1 atom stereocenters. The second-order valence-electron chi connectivity index (χ2n) is 5.72. The van der Waals surface area contributed by atoms with E-state index in [1.165, 1.54) is 12.8 Å². The lowest BCUT2D eigenvalue weighted by Crippen LogP contribution is -2.39. The third-order valence-corrected chi connectivity index (χ3v) is 3.60. The van der Waals surface area contributed by atoms with E-state index in [9.17, 15) is 0 Å². The van der Waals surface area contributed by atoms with Crippen molar-refractivity contribution in [3.63, 3.8) is 0 Å². The molecule has 1 aromatic rings. The zero-order valence-electron chi connectivity index (χ0n) is 12.8. The number of aromatic nitrogens is 2. The van der Waals surface area contributed by atoms with Gasteiger partial charge in [0.15, 0.2) is 5.82 Å². The van der Waals surface area contributed by atoms with Crippen molar-refractivity contribution in [2.24, 2.45) is 0 Å². The minimum atomic E-state index is 0.278. The lowest BCUT2D eigenvalue weighted by atomic mass is 10.2. The molecular formula is C14H26N4O2. The van der Waals surface area contributed by atoms with E-state index < -0.39 is 0 Å². The standard InChI is InChI=1S/C14H26N4O2/c1-11(2)14-16-13(17-20-14)10-18(7-8-19-3)9-12-5-4-6-15-12/h11-12,15H,4-10H2,1-3H3. The third-order valence-electron chi connectivity index (χ3n) is 3.60. The fourth-order valence-electron chi connectivity index (χ4n) is 2.45. The lowest BCUT2D eigenvalue weighted by Gasteiger charge is -2.23. The molecule has 1 saturated heterocycles. The number of rotatable bonds is 8. The van der Waals surface area contributed by atoms with Crippen molar-refractivity contribution in [1.29, 1.82) is 0 Å². The highest BCUT2D eigenvalue weighted by Gasteiger charge is 2.19. The van der Waals surface area contributed by atoms with Crippen LogP contribution in [0.2, 0.25) is 0 Å². The van der Waals surface area contributed by atoms with Crippen molar-refractivity contribution >= 4 is 0 Å². The average molecular weight is 282 g/mol. The lowest BCUT2D eigenvalue weighted by molar-refractivity contribution is 0.135. The first kappa shape index (κ1) is 15.4. The summed E-state index contributed by atoms with van der Waals surface area (Å²) in [6.07, 6.45) is 2.51. The molecule has 6 nitrogen and oxygen atoms in total. The van der Waals surface area contributed by atoms with Crippen molar-refractivity contribution in [1.82, 2.24) is 20.4 Å². The molecule has 0 radical (unpaired) electrons. The normalized spacial score (nSPS) is 19.4. The van der Waals surface area contributed by atoms with Gasteiger partial charge in [0.2, 0.25) is 5.89 Å². The maximum Gasteiger partial charge on any atom is 0.229 e. The van der Waals surface area contributed by atoms with Crippen LogP contribution in [0.5, 0.6) is 0 Å². The van der Waals surface area contributed by atoms with E-state index in [2.05, 4.69) is 34.2 Å². The molecule has 1 aliphatic heterocycles. The monoisotopic (exact) mass is 282 g/mol. The highest BCUT2D eigenvalue weighted by atomic mass is 16.5. The summed E-state index contributed by atoms with van der Waals surface area (Å²) in [4.78, 5) is 6.79. The Labute approximate surface area is 120 Å². The minimum Gasteiger partial charge on any atom is -0.383 e. The molecule has 2 rings (SSSR count). The Morgan fingerprint density at radius 3 is 2.95 bits per heavy atom. The Hall–Kier alpha value is -0.980. The molecule has 1 aromatic heterocycles. The smallest absolute Gasteiger partial charge is 0.229 e. The highest BCUT2D eigenvalue weighted by Crippen LogP contribution is 2.13. The Bertz CT molecular complexity index is 388. The summed E-state index contributed by atoms with van der Waals surface area (Å²) in [5.74, 6) is 1.76. The van der Waals surface area contributed by atoms with Crippen molar-refractivity contribution < 1.29 is 9.26 Å². The third kappa shape index (κ3) is 4.54. The van der Waals surface area contributed by atoms with Crippen LogP contribution in [-0.2, 0) is 11.3 Å². The summed E-state index contributed by atoms with van der Waals surface area (Å²) < 4.78 is 10.5. The van der Waals surface area contributed by atoms with Crippen molar-refractivity contribution in [3.8, 4) is 0 Å². The number of hydrogen-bond donors (Lipinski definition) is 1. The quantitative estimate of drug-likeness (QED) is 0.777. The second kappa shape index (κ2) is 7.71. The van der Waals surface area contributed by atoms with Gasteiger partial charge in [0.05, 0.1) is 13.2 Å². The molecule has 1 aliphatic rings. The van der Waals surface area contributed by atoms with E-state index in [-0.39, 0.29) is 5.92 Å². The molecule has 1 N–H and O–H groups in total. The highest BCUT2D eigenvalue weighted by molar-refractivity contribution is 4.91. The Morgan fingerprint density at radius 1 is 1.50 bits per heavy atom. The van der Waals surface area contributed by atoms with Crippen LogP contribution >= 0.6 is 0 Å². The summed E-state index contributed by atoms with van der Waals surface area (Å²) in [5.41, 5.74) is 0. The van der Waals surface area contributed by atoms with Gasteiger partial charge in [-0.15, -0.1) is 0 Å².